The van der Waals surface area contributed by atoms with E-state index in [1.54, 1.807) is 23.0 Å². The van der Waals surface area contributed by atoms with Crippen molar-refractivity contribution in [2.75, 3.05) is 5.32 Å². The molecular weight excluding hydrogens is 328 g/mol. The van der Waals surface area contributed by atoms with Crippen LogP contribution in [0.5, 0.6) is 0 Å². The summed E-state index contributed by atoms with van der Waals surface area (Å²) >= 11 is 0. The predicted octanol–water partition coefficient (Wildman–Crippen LogP) is 3.07. The van der Waals surface area contributed by atoms with Crippen molar-refractivity contribution in [3.8, 4) is 5.69 Å². The number of hydrogen-bond donors (Lipinski definition) is 2. The van der Waals surface area contributed by atoms with E-state index in [0.717, 1.165) is 16.8 Å². The summed E-state index contributed by atoms with van der Waals surface area (Å²) in [6.45, 7) is 3.74. The van der Waals surface area contributed by atoms with E-state index >= 15 is 0 Å². The Morgan fingerprint density at radius 2 is 1.88 bits per heavy atom. The molecule has 0 bridgehead atoms. The molecule has 132 valence electrons. The van der Waals surface area contributed by atoms with Gasteiger partial charge in [0.2, 0.25) is 5.91 Å². The van der Waals surface area contributed by atoms with Crippen LogP contribution in [-0.4, -0.2) is 21.6 Å². The summed E-state index contributed by atoms with van der Waals surface area (Å²) in [6.07, 6.45) is 3.60. The average molecular weight is 348 g/mol. The van der Waals surface area contributed by atoms with Gasteiger partial charge in [-0.3, -0.25) is 9.59 Å². The molecule has 0 saturated carbocycles. The Morgan fingerprint density at radius 3 is 2.54 bits per heavy atom. The molecule has 3 aromatic rings. The standard InChI is InChI=1S/C20H20N4O2/c1-14-4-7-17(12-19(14)23-15(2)25)20(26)21-13-16-5-8-18(9-6-16)24-11-3-10-22-24/h3-12H,13H2,1-2H3,(H,21,26)(H,23,25). The molecule has 2 aromatic carbocycles. The van der Waals surface area contributed by atoms with Crippen molar-refractivity contribution in [1.82, 2.24) is 15.1 Å². The third kappa shape index (κ3) is 4.16. The summed E-state index contributed by atoms with van der Waals surface area (Å²) < 4.78 is 1.78. The first-order valence-corrected chi connectivity index (χ1v) is 8.28. The number of carbonyl (C=O) groups is 2. The van der Waals surface area contributed by atoms with E-state index in [9.17, 15) is 9.59 Å². The molecule has 0 fully saturated rings. The predicted molar refractivity (Wildman–Crippen MR) is 100 cm³/mol. The Bertz CT molecular complexity index is 915. The van der Waals surface area contributed by atoms with Crippen molar-refractivity contribution in [1.29, 1.82) is 0 Å². The van der Waals surface area contributed by atoms with Gasteiger partial charge >= 0.3 is 0 Å². The molecule has 1 heterocycles. The van der Waals surface area contributed by atoms with Gasteiger partial charge in [-0.25, -0.2) is 4.68 Å². The molecule has 6 heteroatoms. The minimum atomic E-state index is -0.187. The Morgan fingerprint density at radius 1 is 1.12 bits per heavy atom. The van der Waals surface area contributed by atoms with Crippen molar-refractivity contribution >= 4 is 17.5 Å². The maximum Gasteiger partial charge on any atom is 0.251 e. The van der Waals surface area contributed by atoms with Crippen molar-refractivity contribution in [3.63, 3.8) is 0 Å². The van der Waals surface area contributed by atoms with Crippen LogP contribution in [0.2, 0.25) is 0 Å². The summed E-state index contributed by atoms with van der Waals surface area (Å²) in [4.78, 5) is 23.6. The van der Waals surface area contributed by atoms with Gasteiger partial charge in [-0.2, -0.15) is 5.10 Å². The van der Waals surface area contributed by atoms with Gasteiger partial charge in [-0.15, -0.1) is 0 Å². The lowest BCUT2D eigenvalue weighted by molar-refractivity contribution is -0.114. The fraction of sp³-hybridized carbons (Fsp3) is 0.150. The SMILES string of the molecule is CC(=O)Nc1cc(C(=O)NCc2ccc(-n3cccn3)cc2)ccc1C. The number of carbonyl (C=O) groups excluding carboxylic acids is 2. The number of hydrogen-bond acceptors (Lipinski definition) is 3. The van der Waals surface area contributed by atoms with Crippen molar-refractivity contribution in [3.05, 3.63) is 77.6 Å². The van der Waals surface area contributed by atoms with Gasteiger partial charge in [0.05, 0.1) is 5.69 Å². The highest BCUT2D eigenvalue weighted by Gasteiger charge is 2.09. The molecule has 0 atom stereocenters. The molecular formula is C20H20N4O2. The number of amides is 2. The molecule has 0 radical (unpaired) electrons. The second-order valence-corrected chi connectivity index (χ2v) is 6.01. The highest BCUT2D eigenvalue weighted by atomic mass is 16.2. The Labute approximate surface area is 151 Å². The zero-order valence-corrected chi connectivity index (χ0v) is 14.7. The van der Waals surface area contributed by atoms with Crippen LogP contribution >= 0.6 is 0 Å². The van der Waals surface area contributed by atoms with Gasteiger partial charge in [0, 0.05) is 37.1 Å². The molecule has 0 spiro atoms. The van der Waals surface area contributed by atoms with E-state index in [2.05, 4.69) is 15.7 Å². The molecule has 0 aliphatic carbocycles. The second-order valence-electron chi connectivity index (χ2n) is 6.01. The first-order valence-electron chi connectivity index (χ1n) is 8.28. The number of anilines is 1. The topological polar surface area (TPSA) is 76.0 Å². The lowest BCUT2D eigenvalue weighted by atomic mass is 10.1. The quantitative estimate of drug-likeness (QED) is 0.744. The molecule has 2 N–H and O–H groups in total. The zero-order chi connectivity index (χ0) is 18.5. The molecule has 6 nitrogen and oxygen atoms in total. The van der Waals surface area contributed by atoms with Gasteiger partial charge in [0.1, 0.15) is 0 Å². The molecule has 0 aliphatic heterocycles. The normalized spacial score (nSPS) is 10.4. The van der Waals surface area contributed by atoms with Gasteiger partial charge < -0.3 is 10.6 Å². The number of nitrogens with zero attached hydrogens (tertiary/aromatic N) is 2. The van der Waals surface area contributed by atoms with Crippen LogP contribution in [0.3, 0.4) is 0 Å². The van der Waals surface area contributed by atoms with E-state index in [1.807, 2.05) is 49.5 Å². The van der Waals surface area contributed by atoms with Gasteiger partial charge in [-0.1, -0.05) is 18.2 Å². The van der Waals surface area contributed by atoms with Crippen LogP contribution in [0, 0.1) is 6.92 Å². The summed E-state index contributed by atoms with van der Waals surface area (Å²) in [5, 5.41) is 9.81. The maximum atomic E-state index is 12.4. The first-order chi connectivity index (χ1) is 12.5. The number of rotatable bonds is 5. The fourth-order valence-corrected chi connectivity index (χ4v) is 2.56. The van der Waals surface area contributed by atoms with Crippen LogP contribution in [-0.2, 0) is 11.3 Å². The molecule has 2 amide bonds. The second kappa shape index (κ2) is 7.65. The number of aromatic nitrogens is 2. The monoisotopic (exact) mass is 348 g/mol. The van der Waals surface area contributed by atoms with Crippen LogP contribution in [0.25, 0.3) is 5.69 Å². The lowest BCUT2D eigenvalue weighted by Gasteiger charge is -2.10. The van der Waals surface area contributed by atoms with E-state index in [0.29, 0.717) is 17.8 Å². The first kappa shape index (κ1) is 17.4. The summed E-state index contributed by atoms with van der Waals surface area (Å²) in [5.74, 6) is -0.351. The molecule has 0 aliphatic rings. The zero-order valence-electron chi connectivity index (χ0n) is 14.7. The summed E-state index contributed by atoms with van der Waals surface area (Å²) in [5.41, 5.74) is 4.01. The van der Waals surface area contributed by atoms with E-state index in [1.165, 1.54) is 6.92 Å². The Kier molecular flexibility index (Phi) is 5.12. The largest absolute Gasteiger partial charge is 0.348 e. The van der Waals surface area contributed by atoms with Crippen LogP contribution < -0.4 is 10.6 Å². The van der Waals surface area contributed by atoms with Crippen LogP contribution in [0.15, 0.2) is 60.9 Å². The van der Waals surface area contributed by atoms with Gasteiger partial charge in [0.25, 0.3) is 5.91 Å². The number of aryl methyl sites for hydroxylation is 1. The number of nitrogens with one attached hydrogen (secondary N) is 2. The van der Waals surface area contributed by atoms with E-state index in [4.69, 9.17) is 0 Å². The third-order valence-electron chi connectivity index (χ3n) is 3.97. The van der Waals surface area contributed by atoms with Crippen molar-refractivity contribution in [2.24, 2.45) is 0 Å². The molecule has 26 heavy (non-hydrogen) atoms. The van der Waals surface area contributed by atoms with E-state index < -0.39 is 0 Å². The maximum absolute atomic E-state index is 12.4. The molecule has 0 saturated heterocycles. The smallest absolute Gasteiger partial charge is 0.251 e. The average Bonchev–Trinajstić information content (AvgIpc) is 3.16. The molecule has 0 unspecified atom stereocenters. The lowest BCUT2D eigenvalue weighted by Crippen LogP contribution is -2.23. The summed E-state index contributed by atoms with van der Waals surface area (Å²) in [7, 11) is 0. The fourth-order valence-electron chi connectivity index (χ4n) is 2.56. The minimum absolute atomic E-state index is 0.164. The van der Waals surface area contributed by atoms with Crippen LogP contribution in [0.1, 0.15) is 28.4 Å². The molecule has 3 rings (SSSR count). The number of benzene rings is 2. The Balaban J connectivity index is 1.64. The van der Waals surface area contributed by atoms with Gasteiger partial charge in [0.15, 0.2) is 0 Å². The summed E-state index contributed by atoms with van der Waals surface area (Å²) in [6, 6.07) is 14.9. The van der Waals surface area contributed by atoms with E-state index in [-0.39, 0.29) is 11.8 Å². The highest BCUT2D eigenvalue weighted by molar-refractivity contribution is 5.97. The minimum Gasteiger partial charge on any atom is -0.348 e. The molecule has 1 aromatic heterocycles. The van der Waals surface area contributed by atoms with Crippen molar-refractivity contribution < 1.29 is 9.59 Å². The van der Waals surface area contributed by atoms with Crippen molar-refractivity contribution in [2.45, 2.75) is 20.4 Å². The third-order valence-corrected chi connectivity index (χ3v) is 3.97. The van der Waals surface area contributed by atoms with Gasteiger partial charge in [-0.05, 0) is 48.4 Å². The Hall–Kier alpha value is -3.41. The highest BCUT2D eigenvalue weighted by Crippen LogP contribution is 2.17. The van der Waals surface area contributed by atoms with Crippen LogP contribution in [0.4, 0.5) is 5.69 Å².